The normalized spacial score (nSPS) is 12.0. The average molecular weight is 450 g/mol. The third-order valence-corrected chi connectivity index (χ3v) is 4.50. The van der Waals surface area contributed by atoms with Gasteiger partial charge in [0, 0.05) is 19.4 Å². The number of primary amides is 1. The molecule has 0 aliphatic heterocycles. The summed E-state index contributed by atoms with van der Waals surface area (Å²) in [4.78, 5) is 46.4. The van der Waals surface area contributed by atoms with E-state index in [9.17, 15) is 19.2 Å². The van der Waals surface area contributed by atoms with Crippen LogP contribution >= 0.6 is 0 Å². The minimum absolute atomic E-state index is 0.0503. The Bertz CT molecular complexity index is 788. The fraction of sp³-hybridized carbons (Fsp3) is 0.565. The molecule has 0 aliphatic carbocycles. The summed E-state index contributed by atoms with van der Waals surface area (Å²) in [5, 5.41) is 14.0. The van der Waals surface area contributed by atoms with Crippen molar-refractivity contribution in [3.63, 3.8) is 0 Å². The number of hydrogen-bond donors (Lipinski definition) is 4. The lowest BCUT2D eigenvalue weighted by atomic mass is 10.0. The molecule has 1 aromatic rings. The van der Waals surface area contributed by atoms with Crippen molar-refractivity contribution in [2.24, 2.45) is 5.73 Å². The number of nitrogens with one attached hydrogen (secondary N) is 2. The van der Waals surface area contributed by atoms with Crippen LogP contribution in [0.25, 0.3) is 0 Å². The number of carboxylic acids is 1. The van der Waals surface area contributed by atoms with Crippen molar-refractivity contribution in [1.82, 2.24) is 10.6 Å². The van der Waals surface area contributed by atoms with E-state index < -0.39 is 35.5 Å². The number of aliphatic carboxylic acids is 1. The highest BCUT2D eigenvalue weighted by molar-refractivity contribution is 5.86. The van der Waals surface area contributed by atoms with Crippen LogP contribution in [-0.4, -0.2) is 40.6 Å². The number of aryl methyl sites for hydroxylation is 1. The molecule has 178 valence electrons. The van der Waals surface area contributed by atoms with Gasteiger partial charge < -0.3 is 26.2 Å². The van der Waals surface area contributed by atoms with Crippen LogP contribution in [0.15, 0.2) is 24.3 Å². The first kappa shape index (κ1) is 26.9. The summed E-state index contributed by atoms with van der Waals surface area (Å²) in [7, 11) is 0. The van der Waals surface area contributed by atoms with E-state index in [1.165, 1.54) is 0 Å². The lowest BCUT2D eigenvalue weighted by molar-refractivity contribution is -0.137. The Balaban J connectivity index is 2.61. The predicted molar refractivity (Wildman–Crippen MR) is 120 cm³/mol. The summed E-state index contributed by atoms with van der Waals surface area (Å²) in [6, 6.07) is 6.81. The Labute approximate surface area is 189 Å². The summed E-state index contributed by atoms with van der Waals surface area (Å²) in [5.41, 5.74) is 6.46. The van der Waals surface area contributed by atoms with E-state index >= 15 is 0 Å². The van der Waals surface area contributed by atoms with E-state index in [1.807, 2.05) is 24.3 Å². The van der Waals surface area contributed by atoms with E-state index in [0.29, 0.717) is 6.42 Å². The third kappa shape index (κ3) is 12.6. The van der Waals surface area contributed by atoms with Crippen molar-refractivity contribution in [1.29, 1.82) is 0 Å². The van der Waals surface area contributed by atoms with E-state index in [1.54, 1.807) is 20.8 Å². The van der Waals surface area contributed by atoms with Gasteiger partial charge in [-0.1, -0.05) is 30.7 Å². The number of carboxylic acid groups (broad SMARTS) is 1. The fourth-order valence-corrected chi connectivity index (χ4v) is 2.99. The molecule has 0 bridgehead atoms. The average Bonchev–Trinajstić information content (AvgIpc) is 2.67. The Morgan fingerprint density at radius 2 is 1.75 bits per heavy atom. The van der Waals surface area contributed by atoms with Crippen LogP contribution in [0.4, 0.5) is 4.79 Å². The van der Waals surface area contributed by atoms with Crippen LogP contribution in [0, 0.1) is 0 Å². The first-order valence-electron chi connectivity index (χ1n) is 10.8. The van der Waals surface area contributed by atoms with Gasteiger partial charge >= 0.3 is 12.1 Å². The highest BCUT2D eigenvalue weighted by atomic mass is 16.6. The molecule has 5 N–H and O–H groups in total. The first-order chi connectivity index (χ1) is 15.0. The molecule has 0 fully saturated rings. The van der Waals surface area contributed by atoms with E-state index in [2.05, 4.69) is 10.6 Å². The Morgan fingerprint density at radius 3 is 2.38 bits per heavy atom. The van der Waals surface area contributed by atoms with E-state index in [4.69, 9.17) is 15.6 Å². The second-order valence-corrected chi connectivity index (χ2v) is 8.70. The van der Waals surface area contributed by atoms with Crippen molar-refractivity contribution in [3.8, 4) is 0 Å². The van der Waals surface area contributed by atoms with Crippen LogP contribution in [0.2, 0.25) is 0 Å². The molecule has 9 heteroatoms. The van der Waals surface area contributed by atoms with Crippen molar-refractivity contribution in [3.05, 3.63) is 35.4 Å². The molecule has 0 spiro atoms. The summed E-state index contributed by atoms with van der Waals surface area (Å²) in [5.74, 6) is -1.78. The van der Waals surface area contributed by atoms with Gasteiger partial charge in [-0.25, -0.2) is 4.79 Å². The van der Waals surface area contributed by atoms with Crippen LogP contribution in [0.3, 0.4) is 0 Å². The summed E-state index contributed by atoms with van der Waals surface area (Å²) in [6.45, 7) is 5.40. The lowest BCUT2D eigenvalue weighted by Crippen LogP contribution is -2.48. The smallest absolute Gasteiger partial charge is 0.408 e. The SMILES string of the molecule is CC(C)(C)OC(=O)N[C@@H](CCC(N)=O)C(=O)NCc1cccc(CCCCCC(=O)O)c1. The predicted octanol–water partition coefficient (Wildman–Crippen LogP) is 2.65. The Morgan fingerprint density at radius 1 is 1.06 bits per heavy atom. The zero-order valence-electron chi connectivity index (χ0n) is 19.1. The van der Waals surface area contributed by atoms with Gasteiger partial charge in [-0.15, -0.1) is 0 Å². The molecule has 3 amide bonds. The number of benzene rings is 1. The Hall–Kier alpha value is -3.10. The fourth-order valence-electron chi connectivity index (χ4n) is 2.99. The molecule has 9 nitrogen and oxygen atoms in total. The monoisotopic (exact) mass is 449 g/mol. The van der Waals surface area contributed by atoms with Gasteiger partial charge in [-0.3, -0.25) is 14.4 Å². The van der Waals surface area contributed by atoms with Crippen molar-refractivity contribution in [2.75, 3.05) is 0 Å². The number of carbonyl (C=O) groups is 4. The Kier molecular flexibility index (Phi) is 11.2. The molecular weight excluding hydrogens is 414 g/mol. The van der Waals surface area contributed by atoms with Gasteiger partial charge in [0.25, 0.3) is 0 Å². The van der Waals surface area contributed by atoms with Crippen LogP contribution in [0.5, 0.6) is 0 Å². The summed E-state index contributed by atoms with van der Waals surface area (Å²) < 4.78 is 5.19. The van der Waals surface area contributed by atoms with Crippen molar-refractivity contribution in [2.45, 2.75) is 83.9 Å². The van der Waals surface area contributed by atoms with E-state index in [-0.39, 0.29) is 25.8 Å². The maximum atomic E-state index is 12.6. The first-order valence-corrected chi connectivity index (χ1v) is 10.8. The molecule has 1 atom stereocenters. The number of amides is 3. The highest BCUT2D eigenvalue weighted by Gasteiger charge is 2.24. The number of unbranched alkanes of at least 4 members (excludes halogenated alkanes) is 2. The quantitative estimate of drug-likeness (QED) is 0.340. The topological polar surface area (TPSA) is 148 Å². The van der Waals surface area contributed by atoms with Crippen LogP contribution in [-0.2, 0) is 32.1 Å². The number of rotatable bonds is 13. The standard InChI is InChI=1S/C23H35N3O6/c1-23(2,3)32-22(31)26-18(12-13-19(24)27)21(30)25-15-17-10-7-9-16(14-17)8-5-4-6-11-20(28)29/h7,9-10,14,18H,4-6,8,11-13,15H2,1-3H3,(H2,24,27)(H,25,30)(H,26,31)(H,28,29)/t18-/m0/s1. The van der Waals surface area contributed by atoms with Gasteiger partial charge in [0.2, 0.25) is 11.8 Å². The van der Waals surface area contributed by atoms with Gasteiger partial charge in [-0.05, 0) is 57.6 Å². The highest BCUT2D eigenvalue weighted by Crippen LogP contribution is 2.11. The summed E-state index contributed by atoms with van der Waals surface area (Å²) in [6.07, 6.45) is 2.66. The number of ether oxygens (including phenoxy) is 1. The molecule has 0 saturated carbocycles. The van der Waals surface area contributed by atoms with Gasteiger partial charge in [0.1, 0.15) is 11.6 Å². The zero-order valence-corrected chi connectivity index (χ0v) is 19.1. The molecule has 32 heavy (non-hydrogen) atoms. The second-order valence-electron chi connectivity index (χ2n) is 8.70. The van der Waals surface area contributed by atoms with Gasteiger partial charge in [0.05, 0.1) is 0 Å². The van der Waals surface area contributed by atoms with Gasteiger partial charge in [-0.2, -0.15) is 0 Å². The lowest BCUT2D eigenvalue weighted by Gasteiger charge is -2.23. The molecule has 0 unspecified atom stereocenters. The minimum Gasteiger partial charge on any atom is -0.481 e. The maximum absolute atomic E-state index is 12.6. The molecule has 0 saturated heterocycles. The third-order valence-electron chi connectivity index (χ3n) is 4.50. The van der Waals surface area contributed by atoms with Crippen molar-refractivity contribution < 1.29 is 29.0 Å². The largest absolute Gasteiger partial charge is 0.481 e. The van der Waals surface area contributed by atoms with Crippen LogP contribution in [0.1, 0.15) is 70.4 Å². The van der Waals surface area contributed by atoms with Crippen LogP contribution < -0.4 is 16.4 Å². The molecule has 0 radical (unpaired) electrons. The maximum Gasteiger partial charge on any atom is 0.408 e. The van der Waals surface area contributed by atoms with Gasteiger partial charge in [0.15, 0.2) is 0 Å². The zero-order chi connectivity index (χ0) is 24.1. The molecule has 0 aliphatic rings. The molecule has 1 aromatic carbocycles. The molecule has 1 rings (SSSR count). The number of alkyl carbamates (subject to hydrolysis) is 1. The molecular formula is C23H35N3O6. The van der Waals surface area contributed by atoms with E-state index in [0.717, 1.165) is 30.4 Å². The summed E-state index contributed by atoms with van der Waals surface area (Å²) >= 11 is 0. The second kappa shape index (κ2) is 13.3. The molecule has 0 heterocycles. The minimum atomic E-state index is -0.949. The van der Waals surface area contributed by atoms with Crippen molar-refractivity contribution >= 4 is 23.9 Å². The number of carbonyl (C=O) groups excluding carboxylic acids is 3. The number of hydrogen-bond acceptors (Lipinski definition) is 5. The molecule has 0 aromatic heterocycles. The number of nitrogens with two attached hydrogens (primary N) is 1.